The maximum absolute atomic E-state index is 11.8. The van der Waals surface area contributed by atoms with Gasteiger partial charge in [-0.15, -0.1) is 5.10 Å². The van der Waals surface area contributed by atoms with E-state index in [1.807, 2.05) is 6.07 Å². The molecule has 1 amide bonds. The number of benzene rings is 2. The third-order valence-electron chi connectivity index (χ3n) is 4.04. The first-order valence-corrected chi connectivity index (χ1v) is 8.96. The van der Waals surface area contributed by atoms with Crippen molar-refractivity contribution in [2.75, 3.05) is 7.11 Å². The summed E-state index contributed by atoms with van der Waals surface area (Å²) in [7, 11) is 1.54. The van der Waals surface area contributed by atoms with Gasteiger partial charge in [0.25, 0.3) is 5.91 Å². The number of rotatable bonds is 5. The molecule has 10 heteroatoms. The number of nitrogens with zero attached hydrogens (tertiary/aromatic N) is 3. The number of fused-ring (bicyclic) bond motifs is 1. The van der Waals surface area contributed by atoms with Gasteiger partial charge in [0.2, 0.25) is 0 Å². The molecule has 2 heterocycles. The van der Waals surface area contributed by atoms with Gasteiger partial charge in [-0.2, -0.15) is 0 Å². The molecule has 0 aliphatic carbocycles. The van der Waals surface area contributed by atoms with E-state index in [9.17, 15) is 4.79 Å². The fraction of sp³-hybridized carbons (Fsp3) is 0.111. The van der Waals surface area contributed by atoms with Gasteiger partial charge in [-0.05, 0) is 54.2 Å². The highest BCUT2D eigenvalue weighted by atomic mass is 35.5. The number of methoxy groups -OCH3 is 1. The summed E-state index contributed by atoms with van der Waals surface area (Å²) in [5.41, 5.74) is 2.62. The molecule has 4 rings (SSSR count). The minimum atomic E-state index is -0.276. The smallest absolute Gasteiger partial charge is 0.273 e. The first-order chi connectivity index (χ1) is 13.5. The van der Waals surface area contributed by atoms with Crippen LogP contribution in [0.1, 0.15) is 5.56 Å². The number of nitrogens with one attached hydrogen (secondary N) is 2. The van der Waals surface area contributed by atoms with E-state index in [1.54, 1.807) is 48.2 Å². The number of carbonyl (C=O) groups is 1. The molecule has 1 fully saturated rings. The topological polar surface area (TPSA) is 90.3 Å². The second kappa shape index (κ2) is 7.45. The third-order valence-corrected chi connectivity index (χ3v) is 4.48. The lowest BCUT2D eigenvalue weighted by atomic mass is 10.1. The summed E-state index contributed by atoms with van der Waals surface area (Å²) < 4.78 is 12.9. The monoisotopic (exact) mass is 415 g/mol. The molecule has 28 heavy (non-hydrogen) atoms. The summed E-state index contributed by atoms with van der Waals surface area (Å²) in [5.74, 6) is 0.770. The zero-order chi connectivity index (χ0) is 19.7. The maximum Gasteiger partial charge on any atom is 0.273 e. The van der Waals surface area contributed by atoms with Crippen LogP contribution in [0.5, 0.6) is 11.5 Å². The lowest BCUT2D eigenvalue weighted by molar-refractivity contribution is -0.115. The molecule has 3 aromatic rings. The molecule has 1 aliphatic heterocycles. The molecule has 1 saturated heterocycles. The van der Waals surface area contributed by atoms with Crippen molar-refractivity contribution in [2.45, 2.75) is 6.73 Å². The SMILES string of the molecule is COc1cc(C=C2NC(=S)NC2=O)ccc1OCn1nnc2cc(Cl)ccc21. The number of amides is 1. The fourth-order valence-electron chi connectivity index (χ4n) is 2.71. The van der Waals surface area contributed by atoms with Crippen molar-refractivity contribution in [1.29, 1.82) is 0 Å². The van der Waals surface area contributed by atoms with E-state index in [2.05, 4.69) is 20.9 Å². The van der Waals surface area contributed by atoms with Gasteiger partial charge in [0.1, 0.15) is 11.2 Å². The number of ether oxygens (including phenoxy) is 2. The van der Waals surface area contributed by atoms with Crippen molar-refractivity contribution in [3.63, 3.8) is 0 Å². The van der Waals surface area contributed by atoms with E-state index in [0.29, 0.717) is 27.7 Å². The first kappa shape index (κ1) is 18.2. The fourth-order valence-corrected chi connectivity index (χ4v) is 3.08. The van der Waals surface area contributed by atoms with Crippen LogP contribution < -0.4 is 20.1 Å². The van der Waals surface area contributed by atoms with Gasteiger partial charge in [-0.1, -0.05) is 22.9 Å². The van der Waals surface area contributed by atoms with E-state index >= 15 is 0 Å². The Kier molecular flexibility index (Phi) is 4.84. The number of hydrogen-bond acceptors (Lipinski definition) is 6. The Morgan fingerprint density at radius 1 is 1.21 bits per heavy atom. The Bertz CT molecular complexity index is 1130. The van der Waals surface area contributed by atoms with Crippen molar-refractivity contribution < 1.29 is 14.3 Å². The quantitative estimate of drug-likeness (QED) is 0.488. The van der Waals surface area contributed by atoms with Gasteiger partial charge in [0.05, 0.1) is 12.6 Å². The second-order valence-electron chi connectivity index (χ2n) is 5.87. The van der Waals surface area contributed by atoms with E-state index in [-0.39, 0.29) is 17.8 Å². The normalized spacial score (nSPS) is 15.0. The summed E-state index contributed by atoms with van der Waals surface area (Å²) in [6.45, 7) is 0.146. The van der Waals surface area contributed by atoms with Crippen LogP contribution in [0, 0.1) is 0 Å². The van der Waals surface area contributed by atoms with Crippen molar-refractivity contribution in [2.24, 2.45) is 0 Å². The lowest BCUT2D eigenvalue weighted by Crippen LogP contribution is -2.21. The van der Waals surface area contributed by atoms with Crippen LogP contribution in [0.25, 0.3) is 17.1 Å². The molecule has 0 spiro atoms. The molecule has 1 aliphatic rings. The third kappa shape index (κ3) is 3.62. The molecule has 0 unspecified atom stereocenters. The Morgan fingerprint density at radius 3 is 2.82 bits per heavy atom. The molecule has 0 bridgehead atoms. The van der Waals surface area contributed by atoms with E-state index < -0.39 is 0 Å². The molecule has 0 atom stereocenters. The minimum absolute atomic E-state index is 0.146. The molecule has 2 aromatic carbocycles. The molecule has 1 aromatic heterocycles. The summed E-state index contributed by atoms with van der Waals surface area (Å²) in [6.07, 6.45) is 1.68. The van der Waals surface area contributed by atoms with Crippen LogP contribution >= 0.6 is 23.8 Å². The molecule has 0 saturated carbocycles. The van der Waals surface area contributed by atoms with Gasteiger partial charge in [0, 0.05) is 5.02 Å². The Hall–Kier alpha value is -3.17. The van der Waals surface area contributed by atoms with Gasteiger partial charge in [-0.25, -0.2) is 4.68 Å². The standard InChI is InChI=1S/C18H14ClN5O3S/c1-26-16-7-10(6-13-17(25)21-18(28)20-13)2-5-15(16)27-9-24-14-4-3-11(19)8-12(14)22-23-24/h2-8H,9H2,1H3,(H2,20,21,25,28). The van der Waals surface area contributed by atoms with Crippen LogP contribution in [0.2, 0.25) is 5.02 Å². The Balaban J connectivity index is 1.54. The summed E-state index contributed by atoms with van der Waals surface area (Å²) in [4.78, 5) is 11.8. The van der Waals surface area contributed by atoms with Crippen LogP contribution in [0.15, 0.2) is 42.1 Å². The minimum Gasteiger partial charge on any atom is -0.493 e. The molecular formula is C18H14ClN5O3S. The van der Waals surface area contributed by atoms with Crippen molar-refractivity contribution in [3.8, 4) is 11.5 Å². The highest BCUT2D eigenvalue weighted by Crippen LogP contribution is 2.29. The highest BCUT2D eigenvalue weighted by molar-refractivity contribution is 7.80. The number of halogens is 1. The van der Waals surface area contributed by atoms with Crippen molar-refractivity contribution >= 4 is 51.9 Å². The van der Waals surface area contributed by atoms with E-state index in [0.717, 1.165) is 11.1 Å². The molecule has 2 N–H and O–H groups in total. The number of thiocarbonyl (C=S) groups is 1. The Labute approximate surface area is 170 Å². The average molecular weight is 416 g/mol. The van der Waals surface area contributed by atoms with Crippen LogP contribution in [0.3, 0.4) is 0 Å². The van der Waals surface area contributed by atoms with Crippen molar-refractivity contribution in [3.05, 3.63) is 52.7 Å². The zero-order valence-corrected chi connectivity index (χ0v) is 16.2. The predicted octanol–water partition coefficient (Wildman–Crippen LogP) is 2.48. The number of carbonyl (C=O) groups excluding carboxylic acids is 1. The van der Waals surface area contributed by atoms with Crippen LogP contribution in [-0.2, 0) is 11.5 Å². The maximum atomic E-state index is 11.8. The molecule has 142 valence electrons. The molecular weight excluding hydrogens is 402 g/mol. The largest absolute Gasteiger partial charge is 0.493 e. The first-order valence-electron chi connectivity index (χ1n) is 8.17. The van der Waals surface area contributed by atoms with Crippen molar-refractivity contribution in [1.82, 2.24) is 25.6 Å². The predicted molar refractivity (Wildman–Crippen MR) is 108 cm³/mol. The summed E-state index contributed by atoms with van der Waals surface area (Å²) >= 11 is 10.9. The number of hydrogen-bond donors (Lipinski definition) is 2. The van der Waals surface area contributed by atoms with Gasteiger partial charge in [0.15, 0.2) is 23.3 Å². The van der Waals surface area contributed by atoms with E-state index in [4.69, 9.17) is 33.3 Å². The average Bonchev–Trinajstić information content (AvgIpc) is 3.22. The zero-order valence-electron chi connectivity index (χ0n) is 14.6. The summed E-state index contributed by atoms with van der Waals surface area (Å²) in [6, 6.07) is 10.7. The van der Waals surface area contributed by atoms with Crippen LogP contribution in [-0.4, -0.2) is 33.1 Å². The van der Waals surface area contributed by atoms with Gasteiger partial charge >= 0.3 is 0 Å². The molecule has 8 nitrogen and oxygen atoms in total. The van der Waals surface area contributed by atoms with Gasteiger partial charge < -0.3 is 14.8 Å². The summed E-state index contributed by atoms with van der Waals surface area (Å²) in [5, 5.41) is 14.3. The van der Waals surface area contributed by atoms with Gasteiger partial charge in [-0.3, -0.25) is 10.1 Å². The molecule has 0 radical (unpaired) electrons. The second-order valence-corrected chi connectivity index (χ2v) is 6.72. The van der Waals surface area contributed by atoms with E-state index in [1.165, 1.54) is 0 Å². The number of aromatic nitrogens is 3. The Morgan fingerprint density at radius 2 is 2.07 bits per heavy atom. The lowest BCUT2D eigenvalue weighted by Gasteiger charge is -2.11. The van der Waals surface area contributed by atoms with Crippen LogP contribution in [0.4, 0.5) is 0 Å². The highest BCUT2D eigenvalue weighted by Gasteiger charge is 2.20.